The molecule has 0 bridgehead atoms. The van der Waals surface area contributed by atoms with Crippen molar-refractivity contribution >= 4 is 34.8 Å². The second-order valence-corrected chi connectivity index (χ2v) is 7.19. The standard InChI is InChI=1S/C15H23Cl2N3/c1-15(2)7-5-10(6-8-15)20(4)14-12(17)9-11(16)13(18-3)19-14/h9-10H,5-8H2,1-4H3,(H,18,19). The maximum atomic E-state index is 6.31. The van der Waals surface area contributed by atoms with E-state index >= 15 is 0 Å². The third kappa shape index (κ3) is 3.32. The van der Waals surface area contributed by atoms with Gasteiger partial charge < -0.3 is 10.2 Å². The number of rotatable bonds is 3. The lowest BCUT2D eigenvalue weighted by Crippen LogP contribution is -2.37. The predicted octanol–water partition coefficient (Wildman–Crippen LogP) is 4.84. The highest BCUT2D eigenvalue weighted by molar-refractivity contribution is 6.37. The van der Waals surface area contributed by atoms with E-state index in [1.165, 1.54) is 25.7 Å². The minimum absolute atomic E-state index is 0.463. The van der Waals surface area contributed by atoms with Crippen molar-refractivity contribution in [3.63, 3.8) is 0 Å². The van der Waals surface area contributed by atoms with Crippen LogP contribution in [-0.4, -0.2) is 25.1 Å². The zero-order valence-corrected chi connectivity index (χ0v) is 14.1. The third-order valence-electron chi connectivity index (χ3n) is 4.34. The lowest BCUT2D eigenvalue weighted by atomic mass is 9.75. The summed E-state index contributed by atoms with van der Waals surface area (Å²) >= 11 is 12.4. The molecule has 0 unspecified atom stereocenters. The molecule has 1 saturated carbocycles. The van der Waals surface area contributed by atoms with Gasteiger partial charge in [0.1, 0.15) is 11.6 Å². The summed E-state index contributed by atoms with van der Waals surface area (Å²) in [5.41, 5.74) is 0.463. The van der Waals surface area contributed by atoms with Crippen molar-refractivity contribution in [2.24, 2.45) is 5.41 Å². The van der Waals surface area contributed by atoms with Crippen molar-refractivity contribution in [1.29, 1.82) is 0 Å². The Hall–Kier alpha value is -0.670. The fourth-order valence-corrected chi connectivity index (χ4v) is 3.41. The van der Waals surface area contributed by atoms with Gasteiger partial charge in [-0.25, -0.2) is 4.98 Å². The summed E-state index contributed by atoms with van der Waals surface area (Å²) in [6, 6.07) is 2.26. The molecular weight excluding hydrogens is 293 g/mol. The van der Waals surface area contributed by atoms with Gasteiger partial charge in [0.2, 0.25) is 0 Å². The van der Waals surface area contributed by atoms with Crippen LogP contribution >= 0.6 is 23.2 Å². The zero-order chi connectivity index (χ0) is 14.9. The van der Waals surface area contributed by atoms with Gasteiger partial charge in [0.15, 0.2) is 0 Å². The molecule has 5 heteroatoms. The van der Waals surface area contributed by atoms with Crippen LogP contribution in [0.5, 0.6) is 0 Å². The first-order valence-electron chi connectivity index (χ1n) is 7.11. The molecule has 0 saturated heterocycles. The monoisotopic (exact) mass is 315 g/mol. The van der Waals surface area contributed by atoms with E-state index < -0.39 is 0 Å². The average Bonchev–Trinajstić information content (AvgIpc) is 2.38. The van der Waals surface area contributed by atoms with Gasteiger partial charge in [-0.1, -0.05) is 37.0 Å². The van der Waals surface area contributed by atoms with Crippen molar-refractivity contribution < 1.29 is 0 Å². The first-order chi connectivity index (χ1) is 9.34. The van der Waals surface area contributed by atoms with Crippen molar-refractivity contribution in [3.05, 3.63) is 16.1 Å². The number of halogens is 2. The Labute approximate surface area is 131 Å². The quantitative estimate of drug-likeness (QED) is 0.865. The molecule has 112 valence electrons. The highest BCUT2D eigenvalue weighted by Crippen LogP contribution is 2.39. The highest BCUT2D eigenvalue weighted by Gasteiger charge is 2.30. The third-order valence-corrected chi connectivity index (χ3v) is 4.90. The van der Waals surface area contributed by atoms with Gasteiger partial charge in [0.05, 0.1) is 10.0 Å². The van der Waals surface area contributed by atoms with Crippen LogP contribution in [0.25, 0.3) is 0 Å². The lowest BCUT2D eigenvalue weighted by molar-refractivity contribution is 0.222. The Morgan fingerprint density at radius 2 is 1.85 bits per heavy atom. The van der Waals surface area contributed by atoms with Crippen LogP contribution in [0, 0.1) is 5.41 Å². The summed E-state index contributed by atoms with van der Waals surface area (Å²) in [5, 5.41) is 4.17. The molecule has 0 amide bonds. The lowest BCUT2D eigenvalue weighted by Gasteiger charge is -2.39. The van der Waals surface area contributed by atoms with Gasteiger partial charge in [-0.15, -0.1) is 0 Å². The van der Waals surface area contributed by atoms with Gasteiger partial charge in [0, 0.05) is 20.1 Å². The number of anilines is 2. The van der Waals surface area contributed by atoms with E-state index in [2.05, 4.69) is 36.1 Å². The number of hydrogen-bond acceptors (Lipinski definition) is 3. The molecule has 1 aromatic heterocycles. The Kier molecular flexibility index (Phi) is 4.70. The van der Waals surface area contributed by atoms with Crippen LogP contribution in [0.2, 0.25) is 10.0 Å². The molecular formula is C15H23Cl2N3. The van der Waals surface area contributed by atoms with Gasteiger partial charge in [-0.05, 0) is 37.2 Å². The second-order valence-electron chi connectivity index (χ2n) is 6.38. The first-order valence-corrected chi connectivity index (χ1v) is 7.86. The van der Waals surface area contributed by atoms with Crippen LogP contribution in [0.1, 0.15) is 39.5 Å². The SMILES string of the molecule is CNc1nc(N(C)C2CCC(C)(C)CC2)c(Cl)cc1Cl. The van der Waals surface area contributed by atoms with Crippen molar-refractivity contribution in [2.75, 3.05) is 24.3 Å². The number of aromatic nitrogens is 1. The van der Waals surface area contributed by atoms with E-state index in [1.54, 1.807) is 6.07 Å². The largest absolute Gasteiger partial charge is 0.372 e. The molecule has 1 aromatic rings. The summed E-state index contributed by atoms with van der Waals surface area (Å²) < 4.78 is 0. The van der Waals surface area contributed by atoms with Gasteiger partial charge in [-0.2, -0.15) is 0 Å². The van der Waals surface area contributed by atoms with E-state index in [0.717, 1.165) is 5.82 Å². The van der Waals surface area contributed by atoms with Gasteiger partial charge in [0.25, 0.3) is 0 Å². The smallest absolute Gasteiger partial charge is 0.149 e. The number of hydrogen-bond donors (Lipinski definition) is 1. The Morgan fingerprint density at radius 3 is 2.40 bits per heavy atom. The Balaban J connectivity index is 2.19. The Morgan fingerprint density at radius 1 is 1.25 bits per heavy atom. The molecule has 20 heavy (non-hydrogen) atoms. The normalized spacial score (nSPS) is 18.9. The maximum Gasteiger partial charge on any atom is 0.149 e. The van der Waals surface area contributed by atoms with Crippen LogP contribution in [0.15, 0.2) is 6.07 Å². The van der Waals surface area contributed by atoms with Crippen molar-refractivity contribution in [3.8, 4) is 0 Å². The Bertz CT molecular complexity index is 478. The summed E-state index contributed by atoms with van der Waals surface area (Å²) in [4.78, 5) is 6.76. The first kappa shape index (κ1) is 15.7. The van der Waals surface area contributed by atoms with E-state index in [0.29, 0.717) is 27.3 Å². The molecule has 2 rings (SSSR count). The van der Waals surface area contributed by atoms with Crippen molar-refractivity contribution in [1.82, 2.24) is 4.98 Å². The fourth-order valence-electron chi connectivity index (χ4n) is 2.82. The van der Waals surface area contributed by atoms with Gasteiger partial charge in [-0.3, -0.25) is 0 Å². The fraction of sp³-hybridized carbons (Fsp3) is 0.667. The minimum atomic E-state index is 0.463. The predicted molar refractivity (Wildman–Crippen MR) is 88.2 cm³/mol. The molecule has 1 N–H and O–H groups in total. The molecule has 0 aliphatic heterocycles. The summed E-state index contributed by atoms with van der Waals surface area (Å²) in [5.74, 6) is 1.49. The zero-order valence-electron chi connectivity index (χ0n) is 12.6. The van der Waals surface area contributed by atoms with E-state index in [9.17, 15) is 0 Å². The summed E-state index contributed by atoms with van der Waals surface area (Å²) in [6.45, 7) is 4.69. The van der Waals surface area contributed by atoms with E-state index in [1.807, 2.05) is 7.05 Å². The van der Waals surface area contributed by atoms with E-state index in [-0.39, 0.29) is 0 Å². The summed E-state index contributed by atoms with van der Waals surface area (Å²) in [7, 11) is 3.89. The van der Waals surface area contributed by atoms with Crippen LogP contribution in [0.3, 0.4) is 0 Å². The average molecular weight is 316 g/mol. The molecule has 1 aliphatic rings. The molecule has 1 aliphatic carbocycles. The summed E-state index contributed by atoms with van der Waals surface area (Å²) in [6.07, 6.45) is 4.84. The second kappa shape index (κ2) is 5.98. The van der Waals surface area contributed by atoms with Gasteiger partial charge >= 0.3 is 0 Å². The molecule has 0 aromatic carbocycles. The highest BCUT2D eigenvalue weighted by atomic mass is 35.5. The molecule has 0 spiro atoms. The molecule has 3 nitrogen and oxygen atoms in total. The van der Waals surface area contributed by atoms with Crippen LogP contribution < -0.4 is 10.2 Å². The number of nitrogens with one attached hydrogen (secondary N) is 1. The van der Waals surface area contributed by atoms with Crippen LogP contribution in [0.4, 0.5) is 11.6 Å². The molecule has 1 fully saturated rings. The van der Waals surface area contributed by atoms with Crippen LogP contribution in [-0.2, 0) is 0 Å². The molecule has 0 radical (unpaired) electrons. The topological polar surface area (TPSA) is 28.2 Å². The maximum absolute atomic E-state index is 6.31. The van der Waals surface area contributed by atoms with E-state index in [4.69, 9.17) is 23.2 Å². The number of nitrogens with zero attached hydrogens (tertiary/aromatic N) is 2. The van der Waals surface area contributed by atoms with Crippen molar-refractivity contribution in [2.45, 2.75) is 45.6 Å². The minimum Gasteiger partial charge on any atom is -0.372 e. The molecule has 1 heterocycles. The number of pyridine rings is 1. The molecule has 0 atom stereocenters.